The molecule has 260 valence electrons. The quantitative estimate of drug-likeness (QED) is 0.0888. The summed E-state index contributed by atoms with van der Waals surface area (Å²) in [7, 11) is 0. The number of alkyl carbamates (subject to hydrolysis) is 1. The molecule has 2 atom stereocenters. The number of hydrogen-bond donors (Lipinski definition) is 1. The van der Waals surface area contributed by atoms with E-state index in [1.54, 1.807) is 32.9 Å². The van der Waals surface area contributed by atoms with Gasteiger partial charge in [-0.2, -0.15) is 0 Å². The highest BCUT2D eigenvalue weighted by molar-refractivity contribution is 6.31. The number of carbonyl (C=O) groups excluding carboxylic acids is 3. The molecular weight excluding hydrogens is 662 g/mol. The summed E-state index contributed by atoms with van der Waals surface area (Å²) in [5, 5.41) is 2.99. The van der Waals surface area contributed by atoms with Gasteiger partial charge in [0, 0.05) is 27.6 Å². The molecule has 1 aliphatic carbocycles. The Morgan fingerprint density at radius 1 is 0.706 bits per heavy atom. The molecule has 0 spiro atoms. The first-order chi connectivity index (χ1) is 24.5. The minimum atomic E-state index is -1.49. The van der Waals surface area contributed by atoms with Crippen molar-refractivity contribution in [2.24, 2.45) is 0 Å². The second-order valence-corrected chi connectivity index (χ2v) is 14.0. The van der Waals surface area contributed by atoms with Crippen LogP contribution in [0.1, 0.15) is 66.5 Å². The number of halogens is 1. The SMILES string of the molecule is Cc1ccc(C(OC(=O)C[C@H](NC(=O)OCC2c3ccccc3-c3ccccc32)C(=O)OC(C)(C)C)(c2ccccc2)c2ccccc2Cl)cc1. The highest BCUT2D eigenvalue weighted by Gasteiger charge is 2.43. The molecule has 1 unspecified atom stereocenters. The van der Waals surface area contributed by atoms with Gasteiger partial charge in [-0.25, -0.2) is 9.59 Å². The molecule has 0 radical (unpaired) electrons. The topological polar surface area (TPSA) is 90.9 Å². The average molecular weight is 702 g/mol. The number of aryl methyl sites for hydroxylation is 1. The van der Waals surface area contributed by atoms with Crippen LogP contribution < -0.4 is 5.32 Å². The first-order valence-electron chi connectivity index (χ1n) is 16.9. The number of benzene rings is 5. The number of hydrogen-bond acceptors (Lipinski definition) is 6. The van der Waals surface area contributed by atoms with Crippen molar-refractivity contribution in [1.29, 1.82) is 0 Å². The fourth-order valence-corrected chi connectivity index (χ4v) is 6.85. The lowest BCUT2D eigenvalue weighted by atomic mass is 9.79. The highest BCUT2D eigenvalue weighted by atomic mass is 35.5. The molecule has 0 saturated heterocycles. The summed E-state index contributed by atoms with van der Waals surface area (Å²) < 4.78 is 17.9. The van der Waals surface area contributed by atoms with Crippen molar-refractivity contribution in [2.45, 2.75) is 57.3 Å². The van der Waals surface area contributed by atoms with Crippen molar-refractivity contribution < 1.29 is 28.6 Å². The van der Waals surface area contributed by atoms with Crippen LogP contribution in [0.5, 0.6) is 0 Å². The van der Waals surface area contributed by atoms with Crippen molar-refractivity contribution in [1.82, 2.24) is 5.32 Å². The summed E-state index contributed by atoms with van der Waals surface area (Å²) in [5.74, 6) is -1.76. The van der Waals surface area contributed by atoms with Crippen LogP contribution >= 0.6 is 11.6 Å². The van der Waals surface area contributed by atoms with Gasteiger partial charge in [-0.3, -0.25) is 4.79 Å². The Kier molecular flexibility index (Phi) is 10.3. The normalized spacial score (nSPS) is 14.0. The van der Waals surface area contributed by atoms with E-state index in [0.29, 0.717) is 21.7 Å². The standard InChI is InChI=1S/C43H40ClNO6/c1-28-22-24-30(25-23-28)43(29-14-6-5-7-15-29,36-20-12-13-21-37(36)44)50-39(46)26-38(40(47)51-42(2,3)4)45-41(48)49-27-35-33-18-10-8-16-31(33)32-17-9-11-19-34(32)35/h5-25,35,38H,26-27H2,1-4H3,(H,45,48)/t38-,43?/m0/s1. The van der Waals surface area contributed by atoms with E-state index in [9.17, 15) is 14.4 Å². The Labute approximate surface area is 303 Å². The smallest absolute Gasteiger partial charge is 0.407 e. The molecule has 0 aromatic heterocycles. The molecule has 1 amide bonds. The third-order valence-corrected chi connectivity index (χ3v) is 9.19. The lowest BCUT2D eigenvalue weighted by Crippen LogP contribution is -2.47. The van der Waals surface area contributed by atoms with Crippen molar-refractivity contribution in [3.05, 3.63) is 166 Å². The Bertz CT molecular complexity index is 1990. The lowest BCUT2D eigenvalue weighted by molar-refractivity contribution is -0.163. The Hall–Kier alpha value is -5.40. The number of carbonyl (C=O) groups is 3. The van der Waals surface area contributed by atoms with Gasteiger partial charge >= 0.3 is 18.0 Å². The molecule has 0 aliphatic heterocycles. The summed E-state index contributed by atoms with van der Waals surface area (Å²) in [6.45, 7) is 7.13. The molecule has 51 heavy (non-hydrogen) atoms. The second kappa shape index (κ2) is 14.8. The van der Waals surface area contributed by atoms with Gasteiger partial charge in [0.05, 0.1) is 6.42 Å². The van der Waals surface area contributed by atoms with Gasteiger partial charge in [0.15, 0.2) is 5.60 Å². The largest absolute Gasteiger partial charge is 0.458 e. The van der Waals surface area contributed by atoms with E-state index in [2.05, 4.69) is 5.32 Å². The minimum Gasteiger partial charge on any atom is -0.458 e. The van der Waals surface area contributed by atoms with Crippen molar-refractivity contribution in [2.75, 3.05) is 6.61 Å². The van der Waals surface area contributed by atoms with Crippen LogP contribution in [0.4, 0.5) is 4.79 Å². The Morgan fingerprint density at radius 3 is 1.86 bits per heavy atom. The molecule has 5 aromatic carbocycles. The van der Waals surface area contributed by atoms with Crippen LogP contribution in [0.2, 0.25) is 5.02 Å². The van der Waals surface area contributed by atoms with Gasteiger partial charge in [0.1, 0.15) is 18.2 Å². The number of ether oxygens (including phenoxy) is 3. The number of esters is 2. The molecule has 0 fully saturated rings. The number of amides is 1. The lowest BCUT2D eigenvalue weighted by Gasteiger charge is -2.36. The van der Waals surface area contributed by atoms with Gasteiger partial charge in [-0.15, -0.1) is 0 Å². The zero-order valence-electron chi connectivity index (χ0n) is 29.0. The van der Waals surface area contributed by atoms with E-state index in [1.807, 2.05) is 122 Å². The summed E-state index contributed by atoms with van der Waals surface area (Å²) >= 11 is 6.83. The third kappa shape index (κ3) is 7.69. The summed E-state index contributed by atoms with van der Waals surface area (Å²) in [4.78, 5) is 41.2. The predicted molar refractivity (Wildman–Crippen MR) is 198 cm³/mol. The van der Waals surface area contributed by atoms with Gasteiger partial charge < -0.3 is 19.5 Å². The zero-order valence-corrected chi connectivity index (χ0v) is 29.8. The maximum atomic E-state index is 14.2. The van der Waals surface area contributed by atoms with Crippen molar-refractivity contribution in [3.63, 3.8) is 0 Å². The molecule has 0 saturated carbocycles. The molecule has 0 heterocycles. The van der Waals surface area contributed by atoms with Gasteiger partial charge in [-0.1, -0.05) is 138 Å². The first-order valence-corrected chi connectivity index (χ1v) is 17.3. The number of nitrogens with one attached hydrogen (secondary N) is 1. The van der Waals surface area contributed by atoms with Crippen molar-refractivity contribution >= 4 is 29.6 Å². The van der Waals surface area contributed by atoms with E-state index in [4.69, 9.17) is 25.8 Å². The molecule has 5 aromatic rings. The van der Waals surface area contributed by atoms with Crippen LogP contribution in [0.15, 0.2) is 127 Å². The summed E-state index contributed by atoms with van der Waals surface area (Å²) in [6, 6.07) is 38.7. The minimum absolute atomic E-state index is 0.0302. The monoisotopic (exact) mass is 701 g/mol. The molecule has 7 nitrogen and oxygen atoms in total. The molecule has 1 N–H and O–H groups in total. The van der Waals surface area contributed by atoms with Gasteiger partial charge in [0.2, 0.25) is 0 Å². The van der Waals surface area contributed by atoms with Crippen molar-refractivity contribution in [3.8, 4) is 11.1 Å². The average Bonchev–Trinajstić information content (AvgIpc) is 3.43. The fraction of sp³-hybridized carbons (Fsp3) is 0.233. The van der Waals surface area contributed by atoms with E-state index in [0.717, 1.165) is 27.8 Å². The van der Waals surface area contributed by atoms with Crippen LogP contribution in [0.3, 0.4) is 0 Å². The van der Waals surface area contributed by atoms with E-state index in [1.165, 1.54) is 0 Å². The molecule has 8 heteroatoms. The van der Waals surface area contributed by atoms with E-state index >= 15 is 0 Å². The number of fused-ring (bicyclic) bond motifs is 3. The number of rotatable bonds is 10. The van der Waals surface area contributed by atoms with Crippen LogP contribution in [0, 0.1) is 6.92 Å². The highest BCUT2D eigenvalue weighted by Crippen LogP contribution is 2.45. The molecule has 0 bridgehead atoms. The van der Waals surface area contributed by atoms with Gasteiger partial charge in [0.25, 0.3) is 0 Å². The first kappa shape index (κ1) is 35.4. The zero-order chi connectivity index (χ0) is 36.2. The summed E-state index contributed by atoms with van der Waals surface area (Å²) in [5.41, 5.74) is 4.74. The maximum absolute atomic E-state index is 14.2. The third-order valence-electron chi connectivity index (χ3n) is 8.86. The van der Waals surface area contributed by atoms with E-state index in [-0.39, 0.29) is 12.5 Å². The predicted octanol–water partition coefficient (Wildman–Crippen LogP) is 9.12. The van der Waals surface area contributed by atoms with Crippen LogP contribution in [-0.2, 0) is 29.4 Å². The Morgan fingerprint density at radius 2 is 1.25 bits per heavy atom. The van der Waals surface area contributed by atoms with Gasteiger partial charge in [-0.05, 0) is 56.0 Å². The molecular formula is C43H40ClNO6. The molecule has 1 aliphatic rings. The maximum Gasteiger partial charge on any atom is 0.407 e. The summed E-state index contributed by atoms with van der Waals surface area (Å²) in [6.07, 6.45) is -1.40. The van der Waals surface area contributed by atoms with E-state index < -0.39 is 41.7 Å². The van der Waals surface area contributed by atoms with Crippen LogP contribution in [0.25, 0.3) is 11.1 Å². The second-order valence-electron chi connectivity index (χ2n) is 13.6. The van der Waals surface area contributed by atoms with Crippen LogP contribution in [-0.4, -0.2) is 36.3 Å². The molecule has 6 rings (SSSR count). The Balaban J connectivity index is 1.29. The fourth-order valence-electron chi connectivity index (χ4n) is 6.59.